The van der Waals surface area contributed by atoms with Gasteiger partial charge in [0.1, 0.15) is 6.04 Å². The molecule has 0 radical (unpaired) electrons. The van der Waals surface area contributed by atoms with Gasteiger partial charge >= 0.3 is 0 Å². The lowest BCUT2D eigenvalue weighted by Gasteiger charge is -2.25. The summed E-state index contributed by atoms with van der Waals surface area (Å²) in [6.07, 6.45) is 8.16. The highest BCUT2D eigenvalue weighted by Crippen LogP contribution is 2.09. The van der Waals surface area contributed by atoms with E-state index in [0.717, 1.165) is 32.1 Å². The van der Waals surface area contributed by atoms with Crippen LogP contribution in [0.5, 0.6) is 0 Å². The highest BCUT2D eigenvalue weighted by molar-refractivity contribution is 5.95. The standard InChI is InChI=1S/C16H28N4O3/c1-3-4-5-6-7-8-14(22)19-12(11-13(17)21)15(23)16-18-9-10-20(16)2/h9-10,12,16,18H,3-8,11H2,1-2H3,(H2,17,21)(H,19,22)/t12-,16?/m1/s1. The number of unbranched alkanes of at least 4 members (excludes halogenated alkanes) is 4. The van der Waals surface area contributed by atoms with Crippen molar-refractivity contribution < 1.29 is 14.4 Å². The molecule has 1 rings (SSSR count). The monoisotopic (exact) mass is 324 g/mol. The average molecular weight is 324 g/mol. The molecule has 0 aliphatic carbocycles. The highest BCUT2D eigenvalue weighted by Gasteiger charge is 2.32. The molecule has 1 aliphatic heterocycles. The van der Waals surface area contributed by atoms with Crippen molar-refractivity contribution >= 4 is 17.6 Å². The third kappa shape index (κ3) is 6.71. The second kappa shape index (κ2) is 9.86. The van der Waals surface area contributed by atoms with Crippen molar-refractivity contribution in [2.45, 2.75) is 64.1 Å². The van der Waals surface area contributed by atoms with E-state index in [2.05, 4.69) is 17.6 Å². The van der Waals surface area contributed by atoms with Crippen LogP contribution in [-0.4, -0.2) is 41.8 Å². The van der Waals surface area contributed by atoms with Gasteiger partial charge in [-0.25, -0.2) is 0 Å². The number of rotatable bonds is 11. The molecule has 0 saturated carbocycles. The van der Waals surface area contributed by atoms with Gasteiger partial charge in [-0.1, -0.05) is 32.6 Å². The van der Waals surface area contributed by atoms with E-state index < -0.39 is 18.1 Å². The second-order valence-electron chi connectivity index (χ2n) is 5.91. The molecular formula is C16H28N4O3. The van der Waals surface area contributed by atoms with Crippen molar-refractivity contribution in [1.29, 1.82) is 0 Å². The van der Waals surface area contributed by atoms with E-state index in [1.165, 1.54) is 0 Å². The zero-order chi connectivity index (χ0) is 17.2. The van der Waals surface area contributed by atoms with E-state index in [0.29, 0.717) is 6.42 Å². The van der Waals surface area contributed by atoms with Crippen LogP contribution in [0.4, 0.5) is 0 Å². The summed E-state index contributed by atoms with van der Waals surface area (Å²) in [5.41, 5.74) is 5.20. The fourth-order valence-electron chi connectivity index (χ4n) is 2.51. The SMILES string of the molecule is CCCCCCCC(=O)N[C@H](CC(N)=O)C(=O)C1NC=CN1C. The first kappa shape index (κ1) is 19.0. The Morgan fingerprint density at radius 3 is 2.52 bits per heavy atom. The second-order valence-corrected chi connectivity index (χ2v) is 5.91. The van der Waals surface area contributed by atoms with Crippen LogP contribution in [0, 0.1) is 0 Å². The molecule has 0 aromatic carbocycles. The summed E-state index contributed by atoms with van der Waals surface area (Å²) in [5.74, 6) is -1.09. The molecular weight excluding hydrogens is 296 g/mol. The third-order valence-electron chi connectivity index (χ3n) is 3.83. The number of nitrogens with one attached hydrogen (secondary N) is 2. The summed E-state index contributed by atoms with van der Waals surface area (Å²) in [5, 5.41) is 5.54. The van der Waals surface area contributed by atoms with E-state index in [1.807, 2.05) is 0 Å². The summed E-state index contributed by atoms with van der Waals surface area (Å²) in [4.78, 5) is 37.4. The number of carbonyl (C=O) groups is 3. The predicted molar refractivity (Wildman–Crippen MR) is 88.0 cm³/mol. The molecule has 130 valence electrons. The van der Waals surface area contributed by atoms with Gasteiger partial charge in [0.05, 0.1) is 6.42 Å². The van der Waals surface area contributed by atoms with E-state index in [4.69, 9.17) is 5.73 Å². The zero-order valence-electron chi connectivity index (χ0n) is 14.0. The van der Waals surface area contributed by atoms with Crippen molar-refractivity contribution in [3.8, 4) is 0 Å². The lowest BCUT2D eigenvalue weighted by molar-refractivity contribution is -0.132. The van der Waals surface area contributed by atoms with Gasteiger partial charge in [-0.05, 0) is 6.42 Å². The quantitative estimate of drug-likeness (QED) is 0.483. The Morgan fingerprint density at radius 2 is 1.96 bits per heavy atom. The summed E-state index contributed by atoms with van der Waals surface area (Å²) < 4.78 is 0. The fraction of sp³-hybridized carbons (Fsp3) is 0.688. The van der Waals surface area contributed by atoms with Gasteiger partial charge in [-0.2, -0.15) is 0 Å². The van der Waals surface area contributed by atoms with Crippen LogP contribution in [0.2, 0.25) is 0 Å². The number of amides is 2. The number of ketones is 1. The number of hydrogen-bond acceptors (Lipinski definition) is 5. The summed E-state index contributed by atoms with van der Waals surface area (Å²) in [6, 6.07) is -0.893. The van der Waals surface area contributed by atoms with Crippen LogP contribution >= 0.6 is 0 Å². The summed E-state index contributed by atoms with van der Waals surface area (Å²) in [7, 11) is 1.75. The van der Waals surface area contributed by atoms with Crippen LogP contribution in [0.25, 0.3) is 0 Å². The lowest BCUT2D eigenvalue weighted by atomic mass is 10.0. The smallest absolute Gasteiger partial charge is 0.220 e. The number of Topliss-reactive ketones (excluding diaryl/α,β-unsaturated/α-hetero) is 1. The first-order valence-electron chi connectivity index (χ1n) is 8.21. The Morgan fingerprint density at radius 1 is 1.26 bits per heavy atom. The number of nitrogens with zero attached hydrogens (tertiary/aromatic N) is 1. The van der Waals surface area contributed by atoms with Crippen molar-refractivity contribution in [3.63, 3.8) is 0 Å². The van der Waals surface area contributed by atoms with Gasteiger partial charge in [-0.3, -0.25) is 14.4 Å². The van der Waals surface area contributed by atoms with Crippen molar-refractivity contribution in [2.75, 3.05) is 7.05 Å². The largest absolute Gasteiger partial charge is 0.370 e. The fourth-order valence-corrected chi connectivity index (χ4v) is 2.51. The Labute approximate surface area is 137 Å². The molecule has 0 aromatic rings. The Hall–Kier alpha value is -2.05. The maximum Gasteiger partial charge on any atom is 0.220 e. The molecule has 7 nitrogen and oxygen atoms in total. The first-order chi connectivity index (χ1) is 11.0. The van der Waals surface area contributed by atoms with Gasteiger partial charge in [0, 0.05) is 25.9 Å². The van der Waals surface area contributed by atoms with E-state index in [9.17, 15) is 14.4 Å². The molecule has 0 aromatic heterocycles. The molecule has 2 atom stereocenters. The minimum Gasteiger partial charge on any atom is -0.370 e. The van der Waals surface area contributed by atoms with E-state index in [-0.39, 0.29) is 18.1 Å². The maximum absolute atomic E-state index is 12.5. The predicted octanol–water partition coefficient (Wildman–Crippen LogP) is 0.609. The summed E-state index contributed by atoms with van der Waals surface area (Å²) >= 11 is 0. The zero-order valence-corrected chi connectivity index (χ0v) is 14.0. The third-order valence-corrected chi connectivity index (χ3v) is 3.83. The number of primary amides is 1. The number of hydrogen-bond donors (Lipinski definition) is 3. The summed E-state index contributed by atoms with van der Waals surface area (Å²) in [6.45, 7) is 2.13. The molecule has 0 spiro atoms. The average Bonchev–Trinajstić information content (AvgIpc) is 2.91. The highest BCUT2D eigenvalue weighted by atomic mass is 16.2. The maximum atomic E-state index is 12.5. The molecule has 0 bridgehead atoms. The molecule has 0 saturated heterocycles. The Bertz CT molecular complexity index is 451. The lowest BCUT2D eigenvalue weighted by Crippen LogP contribution is -2.53. The first-order valence-corrected chi connectivity index (χ1v) is 8.21. The molecule has 1 aliphatic rings. The van der Waals surface area contributed by atoms with Crippen LogP contribution < -0.4 is 16.4 Å². The molecule has 4 N–H and O–H groups in total. The van der Waals surface area contributed by atoms with Gasteiger partial charge < -0.3 is 21.3 Å². The molecule has 1 heterocycles. The molecule has 0 fully saturated rings. The van der Waals surface area contributed by atoms with E-state index in [1.54, 1.807) is 24.3 Å². The van der Waals surface area contributed by atoms with Crippen molar-refractivity contribution in [1.82, 2.24) is 15.5 Å². The van der Waals surface area contributed by atoms with Gasteiger partial charge in [0.15, 0.2) is 11.9 Å². The number of nitrogens with two attached hydrogens (primary N) is 1. The van der Waals surface area contributed by atoms with Gasteiger partial charge in [0.25, 0.3) is 0 Å². The van der Waals surface area contributed by atoms with Crippen LogP contribution in [0.3, 0.4) is 0 Å². The Kier molecular flexibility index (Phi) is 8.15. The molecule has 1 unspecified atom stereocenters. The normalized spacial score (nSPS) is 17.7. The van der Waals surface area contributed by atoms with Gasteiger partial charge in [-0.15, -0.1) is 0 Å². The minimum atomic E-state index is -0.893. The topological polar surface area (TPSA) is 105 Å². The minimum absolute atomic E-state index is 0.188. The number of carbonyl (C=O) groups excluding carboxylic acids is 3. The van der Waals surface area contributed by atoms with Gasteiger partial charge in [0.2, 0.25) is 11.8 Å². The molecule has 7 heteroatoms. The molecule has 2 amide bonds. The van der Waals surface area contributed by atoms with E-state index >= 15 is 0 Å². The number of likely N-dealkylation sites (N-methyl/N-ethyl adjacent to an activating group) is 1. The van der Waals surface area contributed by atoms with Crippen LogP contribution in [0.1, 0.15) is 51.9 Å². The molecule has 23 heavy (non-hydrogen) atoms. The van der Waals surface area contributed by atoms with Crippen molar-refractivity contribution in [3.05, 3.63) is 12.4 Å². The van der Waals surface area contributed by atoms with Crippen LogP contribution in [0.15, 0.2) is 12.4 Å². The Balaban J connectivity index is 2.48. The van der Waals surface area contributed by atoms with Crippen molar-refractivity contribution in [2.24, 2.45) is 5.73 Å². The van der Waals surface area contributed by atoms with Crippen LogP contribution in [-0.2, 0) is 14.4 Å².